The molecule has 0 radical (unpaired) electrons. The highest BCUT2D eigenvalue weighted by atomic mass is 16.1. The summed E-state index contributed by atoms with van der Waals surface area (Å²) in [6.07, 6.45) is 8.43. The predicted octanol–water partition coefficient (Wildman–Crippen LogP) is 3.12. The first kappa shape index (κ1) is 9.70. The summed E-state index contributed by atoms with van der Waals surface area (Å²) in [5.74, 6) is 1.37. The van der Waals surface area contributed by atoms with Gasteiger partial charge in [-0.1, -0.05) is 39.0 Å². The first-order valence-corrected chi connectivity index (χ1v) is 5.45. The van der Waals surface area contributed by atoms with E-state index in [9.17, 15) is 4.79 Å². The molecule has 14 heavy (non-hydrogen) atoms. The highest BCUT2D eigenvalue weighted by Gasteiger charge is 2.43. The molecule has 0 amide bonds. The zero-order chi connectivity index (χ0) is 10.3. The van der Waals surface area contributed by atoms with Crippen molar-refractivity contribution in [2.75, 3.05) is 0 Å². The van der Waals surface area contributed by atoms with Gasteiger partial charge in [0.15, 0.2) is 5.78 Å². The van der Waals surface area contributed by atoms with E-state index in [0.29, 0.717) is 17.6 Å². The van der Waals surface area contributed by atoms with Crippen molar-refractivity contribution >= 4 is 5.78 Å². The molecule has 2 unspecified atom stereocenters. The third kappa shape index (κ3) is 1.26. The Kier molecular flexibility index (Phi) is 2.13. The van der Waals surface area contributed by atoms with Crippen LogP contribution in [0.15, 0.2) is 23.8 Å². The fourth-order valence-corrected chi connectivity index (χ4v) is 2.48. The first-order valence-electron chi connectivity index (χ1n) is 5.45. The number of rotatable bonds is 0. The molecule has 2 aliphatic rings. The van der Waals surface area contributed by atoms with E-state index in [-0.39, 0.29) is 5.41 Å². The third-order valence-corrected chi connectivity index (χ3v) is 3.99. The fraction of sp³-hybridized carbons (Fsp3) is 0.615. The van der Waals surface area contributed by atoms with Crippen molar-refractivity contribution in [3.05, 3.63) is 23.8 Å². The molecule has 0 bridgehead atoms. The molecular weight excluding hydrogens is 172 g/mol. The Morgan fingerprint density at radius 1 is 1.43 bits per heavy atom. The summed E-state index contributed by atoms with van der Waals surface area (Å²) >= 11 is 0. The predicted molar refractivity (Wildman–Crippen MR) is 57.9 cm³/mol. The second kappa shape index (κ2) is 3.08. The summed E-state index contributed by atoms with van der Waals surface area (Å²) in [6, 6.07) is 0. The molecule has 1 nitrogen and oxygen atoms in total. The molecule has 1 fully saturated rings. The molecule has 0 N–H and O–H groups in total. The van der Waals surface area contributed by atoms with Crippen LogP contribution in [-0.2, 0) is 4.79 Å². The lowest BCUT2D eigenvalue weighted by Crippen LogP contribution is -2.41. The van der Waals surface area contributed by atoms with Crippen LogP contribution >= 0.6 is 0 Å². The number of hydrogen-bond donors (Lipinski definition) is 0. The van der Waals surface area contributed by atoms with E-state index in [1.807, 2.05) is 12.2 Å². The van der Waals surface area contributed by atoms with E-state index in [0.717, 1.165) is 18.4 Å². The number of ketones is 1. The summed E-state index contributed by atoms with van der Waals surface area (Å²) in [6.45, 7) is 6.36. The van der Waals surface area contributed by atoms with Gasteiger partial charge in [0.1, 0.15) is 0 Å². The number of fused-ring (bicyclic) bond motifs is 1. The van der Waals surface area contributed by atoms with Crippen LogP contribution < -0.4 is 0 Å². The Hall–Kier alpha value is -0.850. The highest BCUT2D eigenvalue weighted by molar-refractivity contribution is 6.01. The second-order valence-electron chi connectivity index (χ2n) is 5.17. The molecule has 0 saturated heterocycles. The van der Waals surface area contributed by atoms with Gasteiger partial charge in [0.2, 0.25) is 0 Å². The van der Waals surface area contributed by atoms with E-state index >= 15 is 0 Å². The molecule has 2 rings (SSSR count). The Morgan fingerprint density at radius 3 is 2.86 bits per heavy atom. The van der Waals surface area contributed by atoms with Gasteiger partial charge in [-0.15, -0.1) is 0 Å². The van der Waals surface area contributed by atoms with Crippen LogP contribution in [0.4, 0.5) is 0 Å². The van der Waals surface area contributed by atoms with Crippen molar-refractivity contribution in [2.45, 2.75) is 33.6 Å². The number of carbonyl (C=O) groups excluding carboxylic acids is 1. The largest absolute Gasteiger partial charge is 0.294 e. The Labute approximate surface area is 85.9 Å². The SMILES string of the molecule is CC1CC2CC=CC=C2C(=O)C1(C)C. The summed E-state index contributed by atoms with van der Waals surface area (Å²) in [7, 11) is 0. The Morgan fingerprint density at radius 2 is 2.14 bits per heavy atom. The third-order valence-electron chi connectivity index (χ3n) is 3.99. The second-order valence-corrected chi connectivity index (χ2v) is 5.17. The van der Waals surface area contributed by atoms with Gasteiger partial charge >= 0.3 is 0 Å². The van der Waals surface area contributed by atoms with Gasteiger partial charge in [-0.25, -0.2) is 0 Å². The smallest absolute Gasteiger partial charge is 0.164 e. The van der Waals surface area contributed by atoms with Crippen LogP contribution in [0.3, 0.4) is 0 Å². The lowest BCUT2D eigenvalue weighted by Gasteiger charge is -2.41. The monoisotopic (exact) mass is 190 g/mol. The molecular formula is C13H18O. The van der Waals surface area contributed by atoms with Crippen LogP contribution in [0.1, 0.15) is 33.6 Å². The number of Topliss-reactive ketones (excluding diaryl/α,β-unsaturated/α-hetero) is 1. The first-order chi connectivity index (χ1) is 6.53. The van der Waals surface area contributed by atoms with Gasteiger partial charge in [0, 0.05) is 5.41 Å². The van der Waals surface area contributed by atoms with E-state index in [4.69, 9.17) is 0 Å². The minimum absolute atomic E-state index is 0.159. The average Bonchev–Trinajstić information content (AvgIpc) is 2.15. The molecule has 0 aromatic carbocycles. The average molecular weight is 190 g/mol. The van der Waals surface area contributed by atoms with E-state index in [1.165, 1.54) is 0 Å². The summed E-state index contributed by atoms with van der Waals surface area (Å²) in [4.78, 5) is 12.2. The molecule has 1 heteroatoms. The molecule has 1 saturated carbocycles. The van der Waals surface area contributed by atoms with Gasteiger partial charge in [0.25, 0.3) is 0 Å². The van der Waals surface area contributed by atoms with E-state index < -0.39 is 0 Å². The molecule has 0 heterocycles. The maximum atomic E-state index is 12.2. The van der Waals surface area contributed by atoms with Crippen LogP contribution in [0, 0.1) is 17.3 Å². The molecule has 2 aliphatic carbocycles. The van der Waals surface area contributed by atoms with Crippen LogP contribution in [0.5, 0.6) is 0 Å². The highest BCUT2D eigenvalue weighted by Crippen LogP contribution is 2.45. The van der Waals surface area contributed by atoms with Gasteiger partial charge < -0.3 is 0 Å². The van der Waals surface area contributed by atoms with Crippen molar-refractivity contribution in [3.8, 4) is 0 Å². The van der Waals surface area contributed by atoms with E-state index in [2.05, 4.69) is 26.8 Å². The molecule has 0 spiro atoms. The fourth-order valence-electron chi connectivity index (χ4n) is 2.48. The Balaban J connectivity index is 2.37. The lowest BCUT2D eigenvalue weighted by molar-refractivity contribution is -0.128. The van der Waals surface area contributed by atoms with Crippen molar-refractivity contribution in [1.29, 1.82) is 0 Å². The number of carbonyl (C=O) groups is 1. The molecule has 2 atom stereocenters. The maximum Gasteiger partial charge on any atom is 0.164 e. The van der Waals surface area contributed by atoms with Crippen molar-refractivity contribution in [1.82, 2.24) is 0 Å². The minimum Gasteiger partial charge on any atom is -0.294 e. The van der Waals surface area contributed by atoms with Crippen LogP contribution in [-0.4, -0.2) is 5.78 Å². The molecule has 0 aromatic heterocycles. The standard InChI is InChI=1S/C13H18O/c1-9-8-10-6-4-5-7-11(10)12(14)13(9,2)3/h4-5,7,9-10H,6,8H2,1-3H3. The summed E-state index contributed by atoms with van der Waals surface area (Å²) in [5.41, 5.74) is 0.906. The van der Waals surface area contributed by atoms with Crippen molar-refractivity contribution in [3.63, 3.8) is 0 Å². The molecule has 76 valence electrons. The van der Waals surface area contributed by atoms with Gasteiger partial charge in [-0.05, 0) is 30.3 Å². The maximum absolute atomic E-state index is 12.2. The van der Waals surface area contributed by atoms with Gasteiger partial charge in [-0.3, -0.25) is 4.79 Å². The topological polar surface area (TPSA) is 17.1 Å². The molecule has 0 aliphatic heterocycles. The van der Waals surface area contributed by atoms with E-state index in [1.54, 1.807) is 0 Å². The zero-order valence-electron chi connectivity index (χ0n) is 9.21. The van der Waals surface area contributed by atoms with Crippen molar-refractivity contribution < 1.29 is 4.79 Å². The summed E-state index contributed by atoms with van der Waals surface area (Å²) < 4.78 is 0. The van der Waals surface area contributed by atoms with Crippen molar-refractivity contribution in [2.24, 2.45) is 17.3 Å². The normalized spacial score (nSPS) is 35.1. The van der Waals surface area contributed by atoms with Gasteiger partial charge in [-0.2, -0.15) is 0 Å². The van der Waals surface area contributed by atoms with Crippen LogP contribution in [0.25, 0.3) is 0 Å². The minimum atomic E-state index is -0.159. The summed E-state index contributed by atoms with van der Waals surface area (Å²) in [5, 5.41) is 0. The quantitative estimate of drug-likeness (QED) is 0.573. The lowest BCUT2D eigenvalue weighted by atomic mass is 9.62. The number of allylic oxidation sites excluding steroid dienone is 4. The zero-order valence-corrected chi connectivity index (χ0v) is 9.21. The van der Waals surface area contributed by atoms with Gasteiger partial charge in [0.05, 0.1) is 0 Å². The van der Waals surface area contributed by atoms with Crippen LogP contribution in [0.2, 0.25) is 0 Å². The Bertz CT molecular complexity index is 320. The molecule has 0 aromatic rings. The number of hydrogen-bond acceptors (Lipinski definition) is 1.